The summed E-state index contributed by atoms with van der Waals surface area (Å²) in [5.74, 6) is 1.45. The Morgan fingerprint density at radius 1 is 1.24 bits per heavy atom. The minimum atomic E-state index is -3.49. The van der Waals surface area contributed by atoms with Crippen LogP contribution < -0.4 is 16.0 Å². The quantitative estimate of drug-likeness (QED) is 0.365. The van der Waals surface area contributed by atoms with Gasteiger partial charge in [0.15, 0.2) is 29.5 Å². The number of fused-ring (bicyclic) bond motifs is 3. The maximum atomic E-state index is 11.1. The molecule has 5 N–H and O–H groups in total. The van der Waals surface area contributed by atoms with Gasteiger partial charge in [0.25, 0.3) is 0 Å². The molecule has 8 atom stereocenters. The number of allylic oxidation sites excluding steroid dienone is 7. The number of aliphatic hydroxyl groups excluding tert-OH is 1. The first-order valence-corrected chi connectivity index (χ1v) is 13.1. The molecule has 0 spiro atoms. The first-order chi connectivity index (χ1) is 15.9. The Morgan fingerprint density at radius 3 is 2.91 bits per heavy atom. The van der Waals surface area contributed by atoms with Gasteiger partial charge in [-0.15, -0.1) is 0 Å². The Kier molecular flexibility index (Phi) is 5.30. The first kappa shape index (κ1) is 21.6. The molecule has 2 saturated heterocycles. The van der Waals surface area contributed by atoms with Gasteiger partial charge in [0.2, 0.25) is 0 Å². The summed E-state index contributed by atoms with van der Waals surface area (Å²) in [6, 6.07) is 0. The highest BCUT2D eigenvalue weighted by molar-refractivity contribution is 8.04. The van der Waals surface area contributed by atoms with Crippen LogP contribution in [0.1, 0.15) is 0 Å². The average Bonchev–Trinajstić information content (AvgIpc) is 3.31. The second kappa shape index (κ2) is 8.09. The van der Waals surface area contributed by atoms with Crippen LogP contribution in [0.4, 0.5) is 17.3 Å². The third kappa shape index (κ3) is 3.79. The molecule has 0 aromatic carbocycles. The largest absolute Gasteiger partial charge is 0.488 e. The minimum absolute atomic E-state index is 0.0215. The molecule has 13 heteroatoms. The molecule has 0 amide bonds. The van der Waals surface area contributed by atoms with E-state index in [0.717, 1.165) is 4.91 Å². The van der Waals surface area contributed by atoms with Gasteiger partial charge in [0.1, 0.15) is 30.8 Å². The summed E-state index contributed by atoms with van der Waals surface area (Å²) in [5.41, 5.74) is 6.30. The van der Waals surface area contributed by atoms with Crippen molar-refractivity contribution < 1.29 is 23.8 Å². The standard InChI is InChI=1S/C20H22BN5O5PS/c21-32(28)29-8-13-16(31-32)15(27)19(30-13)26-18-14(17(22)23-9-24-18)25-20(26)33-12-6-5-10-3-1-2-4-11(10)7-12/h1-7,9-11,13,15-16,19-20,25,27-28H,8H2,(H2,22,23,24)/q+1/t10-,11?,13?,15?,16+,19?,20?,32?/m0/s1. The van der Waals surface area contributed by atoms with Crippen molar-refractivity contribution in [3.05, 3.63) is 53.8 Å². The monoisotopic (exact) mass is 486 g/mol. The van der Waals surface area contributed by atoms with Crippen LogP contribution in [0.3, 0.4) is 0 Å². The zero-order valence-corrected chi connectivity index (χ0v) is 19.0. The highest BCUT2D eigenvalue weighted by Crippen LogP contribution is 2.58. The van der Waals surface area contributed by atoms with Crippen LogP contribution in [0.2, 0.25) is 0 Å². The lowest BCUT2D eigenvalue weighted by atomic mass is 9.85. The summed E-state index contributed by atoms with van der Waals surface area (Å²) in [4.78, 5) is 21.4. The second-order valence-electron chi connectivity index (χ2n) is 8.32. The Balaban J connectivity index is 1.30. The molecule has 2 aliphatic carbocycles. The van der Waals surface area contributed by atoms with E-state index in [1.54, 1.807) is 11.8 Å². The topological polar surface area (TPSA) is 135 Å². The van der Waals surface area contributed by atoms with Gasteiger partial charge in [-0.3, -0.25) is 4.90 Å². The fraction of sp³-hybridized carbons (Fsp3) is 0.400. The van der Waals surface area contributed by atoms with Gasteiger partial charge in [-0.05, 0) is 0 Å². The van der Waals surface area contributed by atoms with Gasteiger partial charge < -0.3 is 20.9 Å². The van der Waals surface area contributed by atoms with Gasteiger partial charge in [-0.2, -0.15) is 9.05 Å². The molecule has 33 heavy (non-hydrogen) atoms. The number of nitrogens with zero attached hydrogens (tertiary/aromatic N) is 3. The van der Waals surface area contributed by atoms with E-state index >= 15 is 0 Å². The number of thioether (sulfide) groups is 1. The van der Waals surface area contributed by atoms with E-state index < -0.39 is 32.4 Å². The van der Waals surface area contributed by atoms with Crippen LogP contribution >= 0.6 is 19.6 Å². The zero-order chi connectivity index (χ0) is 22.7. The van der Waals surface area contributed by atoms with Gasteiger partial charge in [0.05, 0.1) is 0 Å². The van der Waals surface area contributed by atoms with Crippen LogP contribution in [0.25, 0.3) is 0 Å². The lowest BCUT2D eigenvalue weighted by Gasteiger charge is -2.33. The number of nitrogens with two attached hydrogens (primary N) is 1. The van der Waals surface area contributed by atoms with Crippen molar-refractivity contribution in [2.24, 2.45) is 11.8 Å². The molecule has 2 fully saturated rings. The van der Waals surface area contributed by atoms with Crippen molar-refractivity contribution in [3.8, 4) is 0 Å². The Hall–Kier alpha value is -1.92. The maximum absolute atomic E-state index is 11.1. The Morgan fingerprint density at radius 2 is 2.06 bits per heavy atom. The highest BCUT2D eigenvalue weighted by Gasteiger charge is 2.59. The van der Waals surface area contributed by atoms with Gasteiger partial charge in [-0.25, -0.2) is 14.9 Å². The smallest absolute Gasteiger partial charge is 0.385 e. The van der Waals surface area contributed by atoms with Crippen LogP contribution in [0.5, 0.6) is 0 Å². The molecule has 2 radical (unpaired) electrons. The van der Waals surface area contributed by atoms with Crippen molar-refractivity contribution in [2.45, 2.75) is 30.0 Å². The van der Waals surface area contributed by atoms with E-state index in [9.17, 15) is 10.00 Å². The van der Waals surface area contributed by atoms with Crippen LogP contribution in [0, 0.1) is 11.8 Å². The van der Waals surface area contributed by atoms with Crippen molar-refractivity contribution in [1.82, 2.24) is 9.97 Å². The molecule has 1 aromatic heterocycles. The summed E-state index contributed by atoms with van der Waals surface area (Å²) in [6.07, 6.45) is 13.0. The highest BCUT2D eigenvalue weighted by atomic mass is 32.2. The number of hydrogen-bond acceptors (Lipinski definition) is 11. The molecule has 5 aliphatic rings. The summed E-state index contributed by atoms with van der Waals surface area (Å²) < 4.78 is 16.8. The number of aliphatic hydroxyl groups is 1. The number of nitrogen functional groups attached to an aromatic ring is 1. The van der Waals surface area contributed by atoms with E-state index in [1.807, 2.05) is 4.90 Å². The third-order valence-electron chi connectivity index (χ3n) is 6.21. The van der Waals surface area contributed by atoms with Gasteiger partial charge in [0, 0.05) is 16.7 Å². The molecule has 6 unspecified atom stereocenters. The average molecular weight is 486 g/mol. The number of ether oxygens (including phenoxy) is 1. The number of hydrogen-bond donors (Lipinski definition) is 4. The molecule has 170 valence electrons. The first-order valence-electron chi connectivity index (χ1n) is 10.5. The summed E-state index contributed by atoms with van der Waals surface area (Å²) in [5, 5.41) is 14.5. The molecule has 6 rings (SSSR count). The number of rotatable bonds is 3. The second-order valence-corrected chi connectivity index (χ2v) is 11.1. The third-order valence-corrected chi connectivity index (χ3v) is 8.39. The molecule has 1 aromatic rings. The Bertz CT molecular complexity index is 1090. The molecular formula is C20H22BN5O5PS+. The van der Waals surface area contributed by atoms with E-state index in [-0.39, 0.29) is 18.0 Å². The van der Waals surface area contributed by atoms with Crippen LogP contribution in [-0.4, -0.2) is 64.2 Å². The SMILES string of the molecule is [B][P+]1(O)OCC2OC(N3c4ncnc(N)c4NC3SC3=CC4C=CC=C[C@H]4C=C3)C(O)[C@@H]2O1. The van der Waals surface area contributed by atoms with E-state index in [0.29, 0.717) is 23.2 Å². The fourth-order valence-corrected chi connectivity index (χ4v) is 6.82. The summed E-state index contributed by atoms with van der Waals surface area (Å²) in [7, 11) is 2.17. The van der Waals surface area contributed by atoms with E-state index in [4.69, 9.17) is 27.1 Å². The zero-order valence-electron chi connectivity index (χ0n) is 17.3. The lowest BCUT2D eigenvalue weighted by molar-refractivity contribution is -0.0443. The predicted molar refractivity (Wildman–Crippen MR) is 127 cm³/mol. The molecule has 10 nitrogen and oxygen atoms in total. The maximum Gasteiger partial charge on any atom is 0.488 e. The minimum Gasteiger partial charge on any atom is -0.385 e. The summed E-state index contributed by atoms with van der Waals surface area (Å²) in [6.45, 7) is 0.0215. The summed E-state index contributed by atoms with van der Waals surface area (Å²) >= 11 is 1.56. The fourth-order valence-electron chi connectivity index (χ4n) is 4.63. The number of nitrogens with one attached hydrogen (secondary N) is 1. The van der Waals surface area contributed by atoms with Gasteiger partial charge >= 0.3 is 15.4 Å². The van der Waals surface area contributed by atoms with Crippen LogP contribution in [-0.2, 0) is 13.8 Å². The predicted octanol–water partition coefficient (Wildman–Crippen LogP) is 1.46. The molecule has 4 heterocycles. The van der Waals surface area contributed by atoms with Crippen molar-refractivity contribution >= 4 is 44.5 Å². The molecule has 0 bridgehead atoms. The number of aromatic nitrogens is 2. The van der Waals surface area contributed by atoms with Gasteiger partial charge in [-0.1, -0.05) is 54.3 Å². The van der Waals surface area contributed by atoms with Crippen molar-refractivity contribution in [2.75, 3.05) is 22.6 Å². The lowest BCUT2D eigenvalue weighted by Crippen LogP contribution is -2.49. The van der Waals surface area contributed by atoms with E-state index in [1.165, 1.54) is 6.33 Å². The van der Waals surface area contributed by atoms with E-state index in [2.05, 4.69) is 57.8 Å². The van der Waals surface area contributed by atoms with Crippen molar-refractivity contribution in [1.29, 1.82) is 0 Å². The van der Waals surface area contributed by atoms with Crippen molar-refractivity contribution in [3.63, 3.8) is 0 Å². The number of anilines is 3. The molecule has 0 saturated carbocycles. The molecular weight excluding hydrogens is 464 g/mol. The van der Waals surface area contributed by atoms with Crippen LogP contribution in [0.15, 0.2) is 53.8 Å². The molecule has 3 aliphatic heterocycles. The Labute approximate surface area is 196 Å². The normalized spacial score (nSPS) is 40.7.